The Hall–Kier alpha value is -1.66. The molecule has 24 heavy (non-hydrogen) atoms. The van der Waals surface area contributed by atoms with Gasteiger partial charge in [0.1, 0.15) is 11.9 Å². The molecule has 0 spiro atoms. The van der Waals surface area contributed by atoms with Crippen LogP contribution < -0.4 is 9.64 Å². The van der Waals surface area contributed by atoms with Gasteiger partial charge >= 0.3 is 6.01 Å². The van der Waals surface area contributed by atoms with E-state index in [0.29, 0.717) is 6.01 Å². The first kappa shape index (κ1) is 18.7. The number of anilines is 1. The number of hydrogen-bond donors (Lipinski definition) is 0. The van der Waals surface area contributed by atoms with E-state index in [9.17, 15) is 0 Å². The van der Waals surface area contributed by atoms with Gasteiger partial charge in [0, 0.05) is 52.1 Å². The number of rotatable bonds is 8. The van der Waals surface area contributed by atoms with Crippen molar-refractivity contribution >= 4 is 5.82 Å². The molecule has 0 unspecified atom stereocenters. The molecular formula is C18H30N4O2. The molecule has 1 aliphatic rings. The lowest BCUT2D eigenvalue weighted by molar-refractivity contribution is 0.106. The molecule has 1 aromatic rings. The summed E-state index contributed by atoms with van der Waals surface area (Å²) < 4.78 is 11.7. The van der Waals surface area contributed by atoms with Crippen LogP contribution in [0.25, 0.3) is 0 Å². The third kappa shape index (κ3) is 5.76. The van der Waals surface area contributed by atoms with Gasteiger partial charge in [-0.25, -0.2) is 4.98 Å². The molecular weight excluding hydrogens is 304 g/mol. The number of allylic oxidation sites excluding steroid dienone is 1. The summed E-state index contributed by atoms with van der Waals surface area (Å²) in [4.78, 5) is 13.3. The van der Waals surface area contributed by atoms with E-state index in [0.717, 1.165) is 63.5 Å². The maximum Gasteiger partial charge on any atom is 0.318 e. The van der Waals surface area contributed by atoms with E-state index in [1.54, 1.807) is 0 Å². The summed E-state index contributed by atoms with van der Waals surface area (Å²) >= 11 is 0. The molecule has 134 valence electrons. The molecule has 6 heteroatoms. The van der Waals surface area contributed by atoms with Gasteiger partial charge in [0.2, 0.25) is 0 Å². The van der Waals surface area contributed by atoms with Gasteiger partial charge in [-0.1, -0.05) is 6.08 Å². The summed E-state index contributed by atoms with van der Waals surface area (Å²) in [7, 11) is 3.96. The van der Waals surface area contributed by atoms with Crippen molar-refractivity contribution in [1.29, 1.82) is 0 Å². The second-order valence-corrected chi connectivity index (χ2v) is 6.43. The van der Waals surface area contributed by atoms with E-state index in [1.807, 2.05) is 38.2 Å². The Balaban J connectivity index is 2.04. The average molecular weight is 334 g/mol. The quantitative estimate of drug-likeness (QED) is 0.680. The molecule has 0 N–H and O–H groups in total. The van der Waals surface area contributed by atoms with Crippen molar-refractivity contribution in [3.63, 3.8) is 0 Å². The van der Waals surface area contributed by atoms with Crippen molar-refractivity contribution in [2.75, 3.05) is 51.8 Å². The van der Waals surface area contributed by atoms with Gasteiger partial charge in [-0.2, -0.15) is 4.98 Å². The topological polar surface area (TPSA) is 50.7 Å². The summed E-state index contributed by atoms with van der Waals surface area (Å²) in [6.45, 7) is 10.3. The smallest absolute Gasteiger partial charge is 0.318 e. The number of ether oxygens (including phenoxy) is 2. The summed E-state index contributed by atoms with van der Waals surface area (Å²) in [6.07, 6.45) is 6.71. The van der Waals surface area contributed by atoms with Crippen LogP contribution in [-0.2, 0) is 4.74 Å². The Labute approximate surface area is 145 Å². The molecule has 1 atom stereocenters. The Kier molecular flexibility index (Phi) is 7.46. The zero-order valence-corrected chi connectivity index (χ0v) is 15.2. The molecule has 0 saturated carbocycles. The molecule has 1 saturated heterocycles. The molecule has 1 aromatic heterocycles. The van der Waals surface area contributed by atoms with Crippen LogP contribution in [-0.4, -0.2) is 67.9 Å². The van der Waals surface area contributed by atoms with Crippen molar-refractivity contribution in [2.45, 2.75) is 32.3 Å². The van der Waals surface area contributed by atoms with E-state index in [1.165, 1.54) is 0 Å². The second-order valence-electron chi connectivity index (χ2n) is 6.43. The average Bonchev–Trinajstić information content (AvgIpc) is 2.82. The van der Waals surface area contributed by atoms with Crippen LogP contribution in [0.3, 0.4) is 0 Å². The summed E-state index contributed by atoms with van der Waals surface area (Å²) in [5.41, 5.74) is 1.04. The van der Waals surface area contributed by atoms with E-state index in [-0.39, 0.29) is 6.10 Å². The third-order valence-electron chi connectivity index (χ3n) is 4.09. The molecule has 0 aromatic carbocycles. The number of hydrogen-bond acceptors (Lipinski definition) is 6. The standard InChI is InChI=1S/C18H30N4O2/c1-5-6-8-16(14-22-9-7-11-23-12-10-22)24-18-19-13-15(2)17(20-18)21(3)4/h5,13,16H,1,6-12,14H2,2-4H3/t16-/m0/s1. The maximum atomic E-state index is 6.13. The zero-order chi connectivity index (χ0) is 17.4. The van der Waals surface area contributed by atoms with Crippen LogP contribution >= 0.6 is 0 Å². The number of nitrogens with zero attached hydrogens (tertiary/aromatic N) is 4. The van der Waals surface area contributed by atoms with Crippen LogP contribution in [0.5, 0.6) is 6.01 Å². The van der Waals surface area contributed by atoms with E-state index < -0.39 is 0 Å². The minimum atomic E-state index is 0.0545. The fourth-order valence-electron chi connectivity index (χ4n) is 2.84. The van der Waals surface area contributed by atoms with Gasteiger partial charge in [0.15, 0.2) is 0 Å². The summed E-state index contributed by atoms with van der Waals surface area (Å²) in [5, 5.41) is 0. The highest BCUT2D eigenvalue weighted by Gasteiger charge is 2.18. The summed E-state index contributed by atoms with van der Waals surface area (Å²) in [6, 6.07) is 0.449. The van der Waals surface area contributed by atoms with Crippen molar-refractivity contribution in [3.8, 4) is 6.01 Å². The van der Waals surface area contributed by atoms with Crippen molar-refractivity contribution < 1.29 is 9.47 Å². The van der Waals surface area contributed by atoms with Crippen molar-refractivity contribution in [1.82, 2.24) is 14.9 Å². The molecule has 2 rings (SSSR count). The van der Waals surface area contributed by atoms with Crippen LogP contribution in [0.2, 0.25) is 0 Å². The van der Waals surface area contributed by atoms with E-state index in [4.69, 9.17) is 9.47 Å². The van der Waals surface area contributed by atoms with Gasteiger partial charge in [0.05, 0.1) is 6.61 Å². The first-order chi connectivity index (χ1) is 11.6. The number of aryl methyl sites for hydroxylation is 1. The summed E-state index contributed by atoms with van der Waals surface area (Å²) in [5.74, 6) is 0.894. The Bertz CT molecular complexity index is 514. The largest absolute Gasteiger partial charge is 0.459 e. The normalized spacial score (nSPS) is 17.1. The Morgan fingerprint density at radius 1 is 1.42 bits per heavy atom. The highest BCUT2D eigenvalue weighted by molar-refractivity contribution is 5.44. The highest BCUT2D eigenvalue weighted by atomic mass is 16.5. The SMILES string of the molecule is C=CCC[C@@H](CN1CCCOCC1)Oc1ncc(C)c(N(C)C)n1. The fraction of sp³-hybridized carbons (Fsp3) is 0.667. The Morgan fingerprint density at radius 3 is 3.00 bits per heavy atom. The minimum absolute atomic E-state index is 0.0545. The number of aromatic nitrogens is 2. The van der Waals surface area contributed by atoms with Gasteiger partial charge in [-0.15, -0.1) is 6.58 Å². The van der Waals surface area contributed by atoms with Crippen LogP contribution in [0.4, 0.5) is 5.82 Å². The maximum absolute atomic E-state index is 6.13. The van der Waals surface area contributed by atoms with Gasteiger partial charge in [0.25, 0.3) is 0 Å². The van der Waals surface area contributed by atoms with E-state index >= 15 is 0 Å². The molecule has 0 radical (unpaired) electrons. The molecule has 0 aliphatic carbocycles. The predicted octanol–water partition coefficient (Wildman–Crippen LogP) is 2.29. The molecule has 6 nitrogen and oxygen atoms in total. The fourth-order valence-corrected chi connectivity index (χ4v) is 2.84. The predicted molar refractivity (Wildman–Crippen MR) is 96.8 cm³/mol. The zero-order valence-electron chi connectivity index (χ0n) is 15.2. The lowest BCUT2D eigenvalue weighted by Gasteiger charge is -2.26. The first-order valence-corrected chi connectivity index (χ1v) is 8.68. The molecule has 0 bridgehead atoms. The van der Waals surface area contributed by atoms with Crippen LogP contribution in [0.15, 0.2) is 18.9 Å². The lowest BCUT2D eigenvalue weighted by Crippen LogP contribution is -2.37. The first-order valence-electron chi connectivity index (χ1n) is 8.68. The van der Waals surface area contributed by atoms with Gasteiger partial charge in [-0.05, 0) is 26.2 Å². The van der Waals surface area contributed by atoms with Gasteiger partial charge in [-0.3, -0.25) is 4.90 Å². The molecule has 0 amide bonds. The third-order valence-corrected chi connectivity index (χ3v) is 4.09. The monoisotopic (exact) mass is 334 g/mol. The van der Waals surface area contributed by atoms with Crippen molar-refractivity contribution in [2.24, 2.45) is 0 Å². The molecule has 1 fully saturated rings. The molecule has 2 heterocycles. The van der Waals surface area contributed by atoms with Crippen LogP contribution in [0, 0.1) is 6.92 Å². The van der Waals surface area contributed by atoms with E-state index in [2.05, 4.69) is 21.4 Å². The lowest BCUT2D eigenvalue weighted by atomic mass is 10.2. The van der Waals surface area contributed by atoms with Gasteiger partial charge < -0.3 is 14.4 Å². The van der Waals surface area contributed by atoms with Crippen LogP contribution in [0.1, 0.15) is 24.8 Å². The van der Waals surface area contributed by atoms with Crippen molar-refractivity contribution in [3.05, 3.63) is 24.4 Å². The highest BCUT2D eigenvalue weighted by Crippen LogP contribution is 2.18. The molecule has 1 aliphatic heterocycles. The second kappa shape index (κ2) is 9.59. The minimum Gasteiger partial charge on any atom is -0.459 e. The Morgan fingerprint density at radius 2 is 2.25 bits per heavy atom.